The Morgan fingerprint density at radius 3 is 2.56 bits per heavy atom. The van der Waals surface area contributed by atoms with Crippen LogP contribution in [0.5, 0.6) is 0 Å². The number of urea groups is 1. The zero-order valence-electron chi connectivity index (χ0n) is 15.3. The van der Waals surface area contributed by atoms with E-state index in [1.165, 1.54) is 24.8 Å². The third kappa shape index (κ3) is 4.53. The maximum atomic E-state index is 12.6. The van der Waals surface area contributed by atoms with Crippen molar-refractivity contribution in [3.05, 3.63) is 29.3 Å². The minimum Gasteiger partial charge on any atom is -0.340 e. The average Bonchev–Trinajstić information content (AvgIpc) is 3.06. The second-order valence-electron chi connectivity index (χ2n) is 7.52. The Kier molecular flexibility index (Phi) is 5.61. The first-order valence-corrected chi connectivity index (χ1v) is 9.46. The summed E-state index contributed by atoms with van der Waals surface area (Å²) >= 11 is 0. The molecule has 5 heteroatoms. The Balaban J connectivity index is 1.49. The van der Waals surface area contributed by atoms with Crippen LogP contribution >= 0.6 is 0 Å². The summed E-state index contributed by atoms with van der Waals surface area (Å²) in [7, 11) is 0. The fourth-order valence-electron chi connectivity index (χ4n) is 3.98. The molecule has 0 aromatic heterocycles. The van der Waals surface area contributed by atoms with E-state index in [0.717, 1.165) is 37.1 Å². The molecule has 2 fully saturated rings. The zero-order valence-corrected chi connectivity index (χ0v) is 15.3. The van der Waals surface area contributed by atoms with Gasteiger partial charge in [0.1, 0.15) is 0 Å². The Morgan fingerprint density at radius 1 is 1.08 bits per heavy atom. The van der Waals surface area contributed by atoms with Crippen LogP contribution < -0.4 is 10.6 Å². The number of aryl methyl sites for hydroxylation is 2. The number of amides is 3. The van der Waals surface area contributed by atoms with Gasteiger partial charge in [0.25, 0.3) is 0 Å². The monoisotopic (exact) mass is 343 g/mol. The highest BCUT2D eigenvalue weighted by Gasteiger charge is 2.32. The van der Waals surface area contributed by atoms with Gasteiger partial charge in [-0.15, -0.1) is 0 Å². The molecule has 3 rings (SSSR count). The van der Waals surface area contributed by atoms with Crippen LogP contribution in [0.3, 0.4) is 0 Å². The molecule has 1 aliphatic heterocycles. The van der Waals surface area contributed by atoms with Crippen molar-refractivity contribution in [2.45, 2.75) is 58.4 Å². The summed E-state index contributed by atoms with van der Waals surface area (Å²) in [5, 5.41) is 5.93. The van der Waals surface area contributed by atoms with E-state index in [9.17, 15) is 9.59 Å². The van der Waals surface area contributed by atoms with Crippen LogP contribution in [0.1, 0.15) is 49.7 Å². The SMILES string of the molecule is Cc1ccc(NC(=O)N[C@H]2CCN(C(=O)C3CCCCC3)C2)c(C)c1. The van der Waals surface area contributed by atoms with Crippen molar-refractivity contribution in [2.75, 3.05) is 18.4 Å². The molecule has 1 atom stereocenters. The van der Waals surface area contributed by atoms with Crippen LogP contribution in [0.25, 0.3) is 0 Å². The third-order valence-corrected chi connectivity index (χ3v) is 5.42. The van der Waals surface area contributed by atoms with Crippen molar-refractivity contribution in [3.63, 3.8) is 0 Å². The van der Waals surface area contributed by atoms with Gasteiger partial charge in [-0.3, -0.25) is 4.79 Å². The molecule has 5 nitrogen and oxygen atoms in total. The summed E-state index contributed by atoms with van der Waals surface area (Å²) in [6, 6.07) is 5.82. The molecule has 1 heterocycles. The summed E-state index contributed by atoms with van der Waals surface area (Å²) in [6.45, 7) is 5.41. The Hall–Kier alpha value is -2.04. The van der Waals surface area contributed by atoms with E-state index in [1.807, 2.05) is 30.9 Å². The average molecular weight is 343 g/mol. The molecule has 3 amide bonds. The topological polar surface area (TPSA) is 61.4 Å². The van der Waals surface area contributed by atoms with Crippen molar-refractivity contribution < 1.29 is 9.59 Å². The summed E-state index contributed by atoms with van der Waals surface area (Å²) in [6.07, 6.45) is 6.49. The normalized spacial score (nSPS) is 21.2. The quantitative estimate of drug-likeness (QED) is 0.881. The van der Waals surface area contributed by atoms with E-state index in [-0.39, 0.29) is 18.0 Å². The lowest BCUT2D eigenvalue weighted by Crippen LogP contribution is -2.42. The molecule has 1 saturated carbocycles. The van der Waals surface area contributed by atoms with Gasteiger partial charge in [0, 0.05) is 30.7 Å². The second kappa shape index (κ2) is 7.89. The Labute approximate surface area is 150 Å². The van der Waals surface area contributed by atoms with Gasteiger partial charge >= 0.3 is 6.03 Å². The van der Waals surface area contributed by atoms with Gasteiger partial charge in [-0.05, 0) is 44.7 Å². The molecule has 2 aliphatic rings. The lowest BCUT2D eigenvalue weighted by molar-refractivity contribution is -0.135. The van der Waals surface area contributed by atoms with Crippen LogP contribution in [0.2, 0.25) is 0 Å². The van der Waals surface area contributed by atoms with Crippen LogP contribution in [-0.2, 0) is 4.79 Å². The first-order chi connectivity index (χ1) is 12.0. The fourth-order valence-corrected chi connectivity index (χ4v) is 3.98. The van der Waals surface area contributed by atoms with E-state index in [4.69, 9.17) is 0 Å². The molecule has 0 radical (unpaired) electrons. The van der Waals surface area contributed by atoms with Crippen molar-refractivity contribution >= 4 is 17.6 Å². The first kappa shape index (κ1) is 17.8. The predicted octanol–water partition coefficient (Wildman–Crippen LogP) is 3.61. The van der Waals surface area contributed by atoms with E-state index < -0.39 is 0 Å². The fraction of sp³-hybridized carbons (Fsp3) is 0.600. The number of nitrogens with one attached hydrogen (secondary N) is 2. The van der Waals surface area contributed by atoms with Gasteiger partial charge in [-0.1, -0.05) is 37.0 Å². The smallest absolute Gasteiger partial charge is 0.319 e. The van der Waals surface area contributed by atoms with Gasteiger partial charge < -0.3 is 15.5 Å². The van der Waals surface area contributed by atoms with Crippen LogP contribution in [0, 0.1) is 19.8 Å². The number of likely N-dealkylation sites (tertiary alicyclic amines) is 1. The van der Waals surface area contributed by atoms with Crippen molar-refractivity contribution in [1.82, 2.24) is 10.2 Å². The lowest BCUT2D eigenvalue weighted by Gasteiger charge is -2.26. The summed E-state index contributed by atoms with van der Waals surface area (Å²) < 4.78 is 0. The molecule has 2 N–H and O–H groups in total. The predicted molar refractivity (Wildman–Crippen MR) is 99.6 cm³/mol. The van der Waals surface area contributed by atoms with Crippen LogP contribution in [0.15, 0.2) is 18.2 Å². The van der Waals surface area contributed by atoms with Crippen molar-refractivity contribution in [1.29, 1.82) is 0 Å². The number of carbonyl (C=O) groups excluding carboxylic acids is 2. The number of nitrogens with zero attached hydrogens (tertiary/aromatic N) is 1. The van der Waals surface area contributed by atoms with Crippen molar-refractivity contribution in [3.8, 4) is 0 Å². The minimum atomic E-state index is -0.191. The number of hydrogen-bond donors (Lipinski definition) is 2. The second-order valence-corrected chi connectivity index (χ2v) is 7.52. The highest BCUT2D eigenvalue weighted by Crippen LogP contribution is 2.26. The molecule has 1 saturated heterocycles. The number of rotatable bonds is 3. The van der Waals surface area contributed by atoms with E-state index in [1.54, 1.807) is 0 Å². The van der Waals surface area contributed by atoms with Gasteiger partial charge in [-0.25, -0.2) is 4.79 Å². The number of benzene rings is 1. The molecule has 0 bridgehead atoms. The first-order valence-electron chi connectivity index (χ1n) is 9.46. The highest BCUT2D eigenvalue weighted by atomic mass is 16.2. The van der Waals surface area contributed by atoms with Crippen LogP contribution in [0.4, 0.5) is 10.5 Å². The van der Waals surface area contributed by atoms with E-state index >= 15 is 0 Å². The third-order valence-electron chi connectivity index (χ3n) is 5.42. The summed E-state index contributed by atoms with van der Waals surface area (Å²) in [4.78, 5) is 26.8. The number of anilines is 1. The van der Waals surface area contributed by atoms with Gasteiger partial charge in [0.05, 0.1) is 0 Å². The molecule has 1 aliphatic carbocycles. The molecule has 0 spiro atoms. The molecule has 1 aromatic carbocycles. The maximum Gasteiger partial charge on any atom is 0.319 e. The maximum absolute atomic E-state index is 12.6. The molecule has 136 valence electrons. The van der Waals surface area contributed by atoms with E-state index in [2.05, 4.69) is 16.7 Å². The molecular formula is C20H29N3O2. The minimum absolute atomic E-state index is 0.0401. The van der Waals surface area contributed by atoms with E-state index in [0.29, 0.717) is 12.5 Å². The Bertz CT molecular complexity index is 638. The molecule has 25 heavy (non-hydrogen) atoms. The lowest BCUT2D eigenvalue weighted by atomic mass is 9.88. The van der Waals surface area contributed by atoms with Gasteiger partial charge in [0.2, 0.25) is 5.91 Å². The summed E-state index contributed by atoms with van der Waals surface area (Å²) in [5.74, 6) is 0.496. The standard InChI is InChI=1S/C20H29N3O2/c1-14-8-9-18(15(2)12-14)22-20(25)21-17-10-11-23(13-17)19(24)16-6-4-3-5-7-16/h8-9,12,16-17H,3-7,10-11,13H2,1-2H3,(H2,21,22,25)/t17-/m0/s1. The van der Waals surface area contributed by atoms with Gasteiger partial charge in [0.15, 0.2) is 0 Å². The summed E-state index contributed by atoms with van der Waals surface area (Å²) in [5.41, 5.74) is 3.06. The van der Waals surface area contributed by atoms with Crippen LogP contribution in [-0.4, -0.2) is 36.0 Å². The number of hydrogen-bond acceptors (Lipinski definition) is 2. The molecule has 0 unspecified atom stereocenters. The highest BCUT2D eigenvalue weighted by molar-refractivity contribution is 5.90. The molecule has 1 aromatic rings. The zero-order chi connectivity index (χ0) is 17.8. The van der Waals surface area contributed by atoms with Crippen molar-refractivity contribution in [2.24, 2.45) is 5.92 Å². The molecular weight excluding hydrogens is 314 g/mol. The Morgan fingerprint density at radius 2 is 1.84 bits per heavy atom. The van der Waals surface area contributed by atoms with Gasteiger partial charge in [-0.2, -0.15) is 0 Å². The largest absolute Gasteiger partial charge is 0.340 e. The number of carbonyl (C=O) groups is 2.